The normalized spacial score (nSPS) is 12.1. The lowest BCUT2D eigenvalue weighted by molar-refractivity contribution is -0.122. The number of hydrogen-bond acceptors (Lipinski definition) is 3. The predicted octanol–water partition coefficient (Wildman–Crippen LogP) is 2.23. The molecule has 3 N–H and O–H groups in total. The van der Waals surface area contributed by atoms with Crippen LogP contribution in [0.15, 0.2) is 30.3 Å². The molecule has 20 heavy (non-hydrogen) atoms. The van der Waals surface area contributed by atoms with E-state index in [1.807, 2.05) is 25.1 Å². The molecule has 1 rings (SSSR count). The van der Waals surface area contributed by atoms with Gasteiger partial charge in [-0.25, -0.2) is 0 Å². The van der Waals surface area contributed by atoms with E-state index in [0.29, 0.717) is 19.8 Å². The maximum Gasteiger partial charge on any atom is 0.236 e. The van der Waals surface area contributed by atoms with Crippen LogP contribution in [0.4, 0.5) is 0 Å². The topological polar surface area (TPSA) is 64.4 Å². The summed E-state index contributed by atoms with van der Waals surface area (Å²) in [4.78, 5) is 11.5. The minimum absolute atomic E-state index is 0.0444. The molecule has 0 radical (unpaired) electrons. The second kappa shape index (κ2) is 10.4. The molecule has 0 saturated heterocycles. The molecule has 112 valence electrons. The molecule has 0 aliphatic heterocycles. The fourth-order valence-corrected chi connectivity index (χ4v) is 1.88. The molecule has 1 aromatic rings. The number of unbranched alkanes of at least 4 members (excludes halogenated alkanes) is 1. The summed E-state index contributed by atoms with van der Waals surface area (Å²) in [5.41, 5.74) is 6.90. The highest BCUT2D eigenvalue weighted by atomic mass is 16.5. The number of amides is 1. The van der Waals surface area contributed by atoms with Gasteiger partial charge in [0.2, 0.25) is 5.91 Å². The van der Waals surface area contributed by atoms with Crippen LogP contribution in [0.3, 0.4) is 0 Å². The van der Waals surface area contributed by atoms with Crippen molar-refractivity contribution in [2.24, 2.45) is 5.73 Å². The van der Waals surface area contributed by atoms with Crippen molar-refractivity contribution in [2.75, 3.05) is 13.2 Å². The van der Waals surface area contributed by atoms with Gasteiger partial charge >= 0.3 is 0 Å². The van der Waals surface area contributed by atoms with Crippen molar-refractivity contribution < 1.29 is 9.53 Å². The van der Waals surface area contributed by atoms with Crippen molar-refractivity contribution in [3.8, 4) is 0 Å². The minimum atomic E-state index is -0.366. The summed E-state index contributed by atoms with van der Waals surface area (Å²) >= 11 is 0. The molecule has 1 atom stereocenters. The molecule has 0 aromatic heterocycles. The molecule has 0 spiro atoms. The zero-order valence-electron chi connectivity index (χ0n) is 12.3. The van der Waals surface area contributed by atoms with E-state index in [0.717, 1.165) is 25.7 Å². The molecule has 4 heteroatoms. The van der Waals surface area contributed by atoms with Gasteiger partial charge in [-0.2, -0.15) is 0 Å². The lowest BCUT2D eigenvalue weighted by Gasteiger charge is -2.11. The summed E-state index contributed by atoms with van der Waals surface area (Å²) in [6.45, 7) is 4.06. The number of ether oxygens (including phenoxy) is 1. The SMILES string of the molecule is CCCC(N)C(=O)NCCCCOCc1ccccc1. The van der Waals surface area contributed by atoms with Crippen molar-refractivity contribution in [1.82, 2.24) is 5.32 Å². The van der Waals surface area contributed by atoms with E-state index < -0.39 is 0 Å². The number of carbonyl (C=O) groups is 1. The van der Waals surface area contributed by atoms with Gasteiger partial charge in [0.1, 0.15) is 0 Å². The summed E-state index contributed by atoms with van der Waals surface area (Å²) in [5.74, 6) is -0.0444. The molecule has 0 aliphatic rings. The molecule has 0 heterocycles. The Bertz CT molecular complexity index is 368. The van der Waals surface area contributed by atoms with Gasteiger partial charge in [0, 0.05) is 13.2 Å². The summed E-state index contributed by atoms with van der Waals surface area (Å²) in [7, 11) is 0. The fourth-order valence-electron chi connectivity index (χ4n) is 1.88. The zero-order valence-corrected chi connectivity index (χ0v) is 12.3. The van der Waals surface area contributed by atoms with E-state index in [1.165, 1.54) is 5.56 Å². The van der Waals surface area contributed by atoms with Crippen LogP contribution in [-0.2, 0) is 16.1 Å². The first kappa shape index (κ1) is 16.7. The van der Waals surface area contributed by atoms with Gasteiger partial charge in [-0.1, -0.05) is 43.7 Å². The quantitative estimate of drug-likeness (QED) is 0.645. The van der Waals surface area contributed by atoms with Gasteiger partial charge in [0.15, 0.2) is 0 Å². The molecule has 1 unspecified atom stereocenters. The monoisotopic (exact) mass is 278 g/mol. The van der Waals surface area contributed by atoms with Crippen molar-refractivity contribution in [2.45, 2.75) is 45.3 Å². The van der Waals surface area contributed by atoms with Crippen LogP contribution >= 0.6 is 0 Å². The standard InChI is InChI=1S/C16H26N2O2/c1-2-8-15(17)16(19)18-11-6-7-12-20-13-14-9-4-3-5-10-14/h3-5,9-10,15H,2,6-8,11-13,17H2,1H3,(H,18,19). The zero-order chi connectivity index (χ0) is 14.6. The maximum atomic E-state index is 11.5. The summed E-state index contributed by atoms with van der Waals surface area (Å²) in [6.07, 6.45) is 3.53. The molecule has 1 aromatic carbocycles. The highest BCUT2D eigenvalue weighted by Gasteiger charge is 2.10. The largest absolute Gasteiger partial charge is 0.377 e. The molecule has 0 saturated carbocycles. The van der Waals surface area contributed by atoms with E-state index in [2.05, 4.69) is 17.4 Å². The van der Waals surface area contributed by atoms with Crippen LogP contribution in [0.5, 0.6) is 0 Å². The molecule has 0 fully saturated rings. The van der Waals surface area contributed by atoms with Crippen LogP contribution in [0.1, 0.15) is 38.2 Å². The number of rotatable bonds is 10. The highest BCUT2D eigenvalue weighted by molar-refractivity contribution is 5.81. The Balaban J connectivity index is 1.96. The second-order valence-corrected chi connectivity index (χ2v) is 4.93. The molecule has 0 bridgehead atoms. The highest BCUT2D eigenvalue weighted by Crippen LogP contribution is 2.01. The number of carbonyl (C=O) groups excluding carboxylic acids is 1. The lowest BCUT2D eigenvalue weighted by atomic mass is 10.1. The van der Waals surface area contributed by atoms with Gasteiger partial charge in [0.05, 0.1) is 12.6 Å². The van der Waals surface area contributed by atoms with Crippen LogP contribution in [0.25, 0.3) is 0 Å². The molecule has 0 aliphatic carbocycles. The summed E-state index contributed by atoms with van der Waals surface area (Å²) in [6, 6.07) is 9.75. The number of hydrogen-bond donors (Lipinski definition) is 2. The minimum Gasteiger partial charge on any atom is -0.377 e. The second-order valence-electron chi connectivity index (χ2n) is 4.93. The lowest BCUT2D eigenvalue weighted by Crippen LogP contribution is -2.40. The van der Waals surface area contributed by atoms with E-state index in [9.17, 15) is 4.79 Å². The van der Waals surface area contributed by atoms with E-state index in [-0.39, 0.29) is 11.9 Å². The van der Waals surface area contributed by atoms with E-state index in [1.54, 1.807) is 0 Å². The average Bonchev–Trinajstić information content (AvgIpc) is 2.47. The molecular weight excluding hydrogens is 252 g/mol. The Labute approximate surface area is 121 Å². The Hall–Kier alpha value is -1.39. The number of benzene rings is 1. The van der Waals surface area contributed by atoms with Crippen molar-refractivity contribution in [3.05, 3.63) is 35.9 Å². The van der Waals surface area contributed by atoms with Gasteiger partial charge < -0.3 is 15.8 Å². The van der Waals surface area contributed by atoms with Crippen LogP contribution in [0, 0.1) is 0 Å². The Kier molecular flexibility index (Phi) is 8.67. The van der Waals surface area contributed by atoms with Crippen molar-refractivity contribution in [1.29, 1.82) is 0 Å². The Morgan fingerprint density at radius 1 is 1.30 bits per heavy atom. The van der Waals surface area contributed by atoms with Crippen LogP contribution in [-0.4, -0.2) is 25.1 Å². The summed E-state index contributed by atoms with van der Waals surface area (Å²) < 4.78 is 5.58. The van der Waals surface area contributed by atoms with Crippen LogP contribution < -0.4 is 11.1 Å². The third kappa shape index (κ3) is 7.26. The first-order chi connectivity index (χ1) is 9.74. The third-order valence-electron chi connectivity index (χ3n) is 3.06. The van der Waals surface area contributed by atoms with Crippen molar-refractivity contribution in [3.63, 3.8) is 0 Å². The molecular formula is C16H26N2O2. The number of nitrogens with two attached hydrogens (primary N) is 1. The maximum absolute atomic E-state index is 11.5. The average molecular weight is 278 g/mol. The first-order valence-corrected chi connectivity index (χ1v) is 7.39. The van der Waals surface area contributed by atoms with Crippen LogP contribution in [0.2, 0.25) is 0 Å². The predicted molar refractivity (Wildman–Crippen MR) is 81.2 cm³/mol. The smallest absolute Gasteiger partial charge is 0.236 e. The summed E-state index contributed by atoms with van der Waals surface area (Å²) in [5, 5.41) is 2.86. The number of nitrogens with one attached hydrogen (secondary N) is 1. The molecule has 1 amide bonds. The molecule has 4 nitrogen and oxygen atoms in total. The fraction of sp³-hybridized carbons (Fsp3) is 0.562. The first-order valence-electron chi connectivity index (χ1n) is 7.39. The third-order valence-corrected chi connectivity index (χ3v) is 3.06. The van der Waals surface area contributed by atoms with Gasteiger partial charge in [-0.3, -0.25) is 4.79 Å². The van der Waals surface area contributed by atoms with Gasteiger partial charge in [0.25, 0.3) is 0 Å². The van der Waals surface area contributed by atoms with Crippen molar-refractivity contribution >= 4 is 5.91 Å². The Morgan fingerprint density at radius 2 is 2.05 bits per heavy atom. The van der Waals surface area contributed by atoms with E-state index >= 15 is 0 Å². The Morgan fingerprint density at radius 3 is 2.75 bits per heavy atom. The van der Waals surface area contributed by atoms with E-state index in [4.69, 9.17) is 10.5 Å². The van der Waals surface area contributed by atoms with Gasteiger partial charge in [-0.05, 0) is 24.8 Å². The van der Waals surface area contributed by atoms with Gasteiger partial charge in [-0.15, -0.1) is 0 Å².